The molecule has 0 spiro atoms. The number of carbonyl (C=O) groups is 1. The number of sulfone groups is 1. The molecule has 0 N–H and O–H groups in total. The summed E-state index contributed by atoms with van der Waals surface area (Å²) in [6, 6.07) is 6.54. The second-order valence-corrected chi connectivity index (χ2v) is 18.0. The first kappa shape index (κ1) is 27.9. The van der Waals surface area contributed by atoms with Gasteiger partial charge < -0.3 is 4.43 Å². The fraction of sp³-hybridized carbons (Fsp3) is 0.480. The Morgan fingerprint density at radius 2 is 1.63 bits per heavy atom. The predicted octanol–water partition coefficient (Wildman–Crippen LogP) is 6.82. The third-order valence-electron chi connectivity index (χ3n) is 7.43. The number of rotatable bonds is 6. The number of Topliss-reactive ketones (excluding diaryl/α,β-unsaturated/α-hetero) is 1. The first-order chi connectivity index (χ1) is 16.0. The molecule has 2 aromatic carbocycles. The maximum Gasteiger partial charge on any atom is 0.191 e. The Hall–Kier alpha value is -1.68. The van der Waals surface area contributed by atoms with Crippen LogP contribution in [-0.4, -0.2) is 29.1 Å². The van der Waals surface area contributed by atoms with Gasteiger partial charge in [0.15, 0.2) is 29.8 Å². The second-order valence-electron chi connectivity index (χ2n) is 10.6. The van der Waals surface area contributed by atoms with Crippen LogP contribution in [0.5, 0.6) is 0 Å². The van der Waals surface area contributed by atoms with Crippen LogP contribution >= 0.6 is 11.6 Å². The van der Waals surface area contributed by atoms with Crippen molar-refractivity contribution in [3.8, 4) is 0 Å². The Morgan fingerprint density at radius 3 is 2.20 bits per heavy atom. The number of hydrogen-bond donors (Lipinski definition) is 0. The second kappa shape index (κ2) is 9.65. The summed E-state index contributed by atoms with van der Waals surface area (Å²) in [6.07, 6.45) is -0.894. The summed E-state index contributed by atoms with van der Waals surface area (Å²) >= 11 is 5.94. The van der Waals surface area contributed by atoms with Crippen LogP contribution in [0.2, 0.25) is 23.2 Å². The summed E-state index contributed by atoms with van der Waals surface area (Å²) in [4.78, 5) is 12.3. The molecule has 0 aliphatic heterocycles. The summed E-state index contributed by atoms with van der Waals surface area (Å²) in [5, 5.41) is 0.0383. The molecule has 0 bridgehead atoms. The summed E-state index contributed by atoms with van der Waals surface area (Å²) in [7, 11) is -7.00. The third kappa shape index (κ3) is 4.97. The van der Waals surface area contributed by atoms with Crippen LogP contribution in [-0.2, 0) is 23.8 Å². The largest absolute Gasteiger partial charge is 0.416 e. The summed E-state index contributed by atoms with van der Waals surface area (Å²) in [6.45, 7) is 9.68. The van der Waals surface area contributed by atoms with Crippen molar-refractivity contribution in [2.75, 3.05) is 6.61 Å². The molecule has 0 saturated heterocycles. The zero-order valence-electron chi connectivity index (χ0n) is 20.4. The van der Waals surface area contributed by atoms with E-state index >= 15 is 8.78 Å². The maximum atomic E-state index is 15.3. The van der Waals surface area contributed by atoms with Crippen LogP contribution in [0.25, 0.3) is 0 Å². The molecule has 192 valence electrons. The molecular weight excluding hydrogens is 517 g/mol. The fourth-order valence-electron chi connectivity index (χ4n) is 4.35. The maximum absolute atomic E-state index is 15.3. The Kier molecular flexibility index (Phi) is 7.69. The van der Waals surface area contributed by atoms with Gasteiger partial charge in [-0.1, -0.05) is 32.4 Å². The van der Waals surface area contributed by atoms with Gasteiger partial charge in [0.25, 0.3) is 0 Å². The molecule has 0 radical (unpaired) electrons. The minimum absolute atomic E-state index is 0.218. The molecule has 1 aliphatic carbocycles. The average molecular weight is 547 g/mol. The quantitative estimate of drug-likeness (QED) is 0.295. The summed E-state index contributed by atoms with van der Waals surface area (Å²) < 4.78 is 77.5. The zero-order valence-corrected chi connectivity index (χ0v) is 23.0. The van der Waals surface area contributed by atoms with Crippen molar-refractivity contribution in [1.29, 1.82) is 0 Å². The molecule has 1 aliphatic rings. The molecule has 10 heteroatoms. The van der Waals surface area contributed by atoms with E-state index in [2.05, 4.69) is 0 Å². The SMILES string of the molecule is CC(C)(C)[Si](C)(C)OC[C@@H]1CC(=O)CC[C@@]1(c1c(F)ccc(F)c1F)S(=O)(=O)c1ccc(Cl)cc1. The van der Waals surface area contributed by atoms with E-state index in [-0.39, 0.29) is 40.2 Å². The van der Waals surface area contributed by atoms with Gasteiger partial charge in [-0.2, -0.15) is 0 Å². The summed E-state index contributed by atoms with van der Waals surface area (Å²) in [5.41, 5.74) is -0.885. The minimum Gasteiger partial charge on any atom is -0.416 e. The first-order valence-electron chi connectivity index (χ1n) is 11.3. The van der Waals surface area contributed by atoms with Gasteiger partial charge >= 0.3 is 0 Å². The van der Waals surface area contributed by atoms with Crippen molar-refractivity contribution >= 4 is 35.5 Å². The molecule has 0 aromatic heterocycles. The Morgan fingerprint density at radius 1 is 1.06 bits per heavy atom. The number of carbonyl (C=O) groups excluding carboxylic acids is 1. The monoisotopic (exact) mass is 546 g/mol. The van der Waals surface area contributed by atoms with E-state index in [1.807, 2.05) is 33.9 Å². The smallest absolute Gasteiger partial charge is 0.191 e. The lowest BCUT2D eigenvalue weighted by molar-refractivity contribution is -0.122. The molecule has 35 heavy (non-hydrogen) atoms. The van der Waals surface area contributed by atoms with Gasteiger partial charge in [0.05, 0.1) is 4.90 Å². The standard InChI is InChI=1S/C25H30ClF3O4SSi/c1-24(2,3)35(4,5)33-15-16-14-18(30)12-13-25(16,22-20(27)10-11-21(28)23(22)29)34(31,32)19-8-6-17(26)7-9-19/h6-11,16H,12-15H2,1-5H3/t16-,25+/m0/s1. The van der Waals surface area contributed by atoms with Crippen molar-refractivity contribution in [3.63, 3.8) is 0 Å². The number of hydrogen-bond acceptors (Lipinski definition) is 4. The number of halogens is 4. The van der Waals surface area contributed by atoms with Crippen LogP contribution in [0.1, 0.15) is 45.6 Å². The lowest BCUT2D eigenvalue weighted by Gasteiger charge is -2.45. The average Bonchev–Trinajstić information content (AvgIpc) is 2.75. The first-order valence-corrected chi connectivity index (χ1v) is 16.1. The molecule has 1 saturated carbocycles. The fourth-order valence-corrected chi connectivity index (χ4v) is 7.85. The highest BCUT2D eigenvalue weighted by Gasteiger charge is 2.58. The highest BCUT2D eigenvalue weighted by molar-refractivity contribution is 7.92. The van der Waals surface area contributed by atoms with Gasteiger partial charge in [-0.25, -0.2) is 21.6 Å². The van der Waals surface area contributed by atoms with Gasteiger partial charge in [0, 0.05) is 36.0 Å². The Bertz CT molecular complexity index is 1230. The van der Waals surface area contributed by atoms with Crippen LogP contribution in [0.4, 0.5) is 13.2 Å². The van der Waals surface area contributed by atoms with E-state index in [1.165, 1.54) is 24.3 Å². The molecule has 2 atom stereocenters. The van der Waals surface area contributed by atoms with Crippen molar-refractivity contribution in [1.82, 2.24) is 0 Å². The molecule has 0 heterocycles. The van der Waals surface area contributed by atoms with Crippen molar-refractivity contribution in [3.05, 3.63) is 64.4 Å². The van der Waals surface area contributed by atoms with Gasteiger partial charge in [-0.05, 0) is 61.0 Å². The van der Waals surface area contributed by atoms with E-state index in [0.29, 0.717) is 6.07 Å². The Labute approximate surface area is 210 Å². The van der Waals surface area contributed by atoms with Crippen LogP contribution < -0.4 is 0 Å². The lowest BCUT2D eigenvalue weighted by atomic mass is 9.74. The molecule has 4 nitrogen and oxygen atoms in total. The highest BCUT2D eigenvalue weighted by atomic mass is 35.5. The molecule has 0 amide bonds. The van der Waals surface area contributed by atoms with E-state index in [1.54, 1.807) is 0 Å². The highest BCUT2D eigenvalue weighted by Crippen LogP contribution is 2.52. The zero-order chi connectivity index (χ0) is 26.4. The van der Waals surface area contributed by atoms with Crippen LogP contribution in [0.3, 0.4) is 0 Å². The van der Waals surface area contributed by atoms with E-state index in [9.17, 15) is 17.6 Å². The van der Waals surface area contributed by atoms with Gasteiger partial charge in [0.2, 0.25) is 0 Å². The third-order valence-corrected chi connectivity index (χ3v) is 14.8. The normalized spacial score (nSPS) is 21.9. The van der Waals surface area contributed by atoms with Gasteiger partial charge in [0.1, 0.15) is 16.3 Å². The minimum atomic E-state index is -4.55. The van der Waals surface area contributed by atoms with E-state index in [4.69, 9.17) is 16.0 Å². The molecule has 1 fully saturated rings. The lowest BCUT2D eigenvalue weighted by Crippen LogP contribution is -2.52. The van der Waals surface area contributed by atoms with Crippen molar-refractivity contribution < 1.29 is 30.8 Å². The number of ketones is 1. The van der Waals surface area contributed by atoms with Crippen LogP contribution in [0, 0.1) is 23.4 Å². The molecule has 2 aromatic rings. The summed E-state index contributed by atoms with van der Waals surface area (Å²) in [5.74, 6) is -5.51. The van der Waals surface area contributed by atoms with Gasteiger partial charge in [-0.15, -0.1) is 0 Å². The Balaban J connectivity index is 2.30. The number of benzene rings is 2. The molecule has 3 rings (SSSR count). The molecular formula is C25H30ClF3O4SSi. The van der Waals surface area contributed by atoms with Gasteiger partial charge in [-0.3, -0.25) is 4.79 Å². The van der Waals surface area contributed by atoms with Crippen molar-refractivity contribution in [2.45, 2.75) is 67.8 Å². The van der Waals surface area contributed by atoms with Crippen LogP contribution in [0.15, 0.2) is 41.3 Å². The van der Waals surface area contributed by atoms with E-state index in [0.717, 1.165) is 6.07 Å². The molecule has 0 unspecified atom stereocenters. The predicted molar refractivity (Wildman–Crippen MR) is 132 cm³/mol. The van der Waals surface area contributed by atoms with Crippen molar-refractivity contribution in [2.24, 2.45) is 5.92 Å². The topological polar surface area (TPSA) is 60.4 Å². The van der Waals surface area contributed by atoms with E-state index < -0.39 is 58.3 Å².